The number of rotatable bonds is 8. The SMILES string of the molecule is CCCCCCCCCC#CC/C=C\O. The van der Waals surface area contributed by atoms with Crippen LogP contribution in [0.4, 0.5) is 0 Å². The maximum absolute atomic E-state index is 8.36. The van der Waals surface area contributed by atoms with E-state index in [-0.39, 0.29) is 0 Å². The summed E-state index contributed by atoms with van der Waals surface area (Å²) >= 11 is 0. The van der Waals surface area contributed by atoms with Crippen LogP contribution >= 0.6 is 0 Å². The predicted octanol–water partition coefficient (Wildman–Crippen LogP) is 4.59. The van der Waals surface area contributed by atoms with Gasteiger partial charge < -0.3 is 5.11 Å². The Hall–Kier alpha value is -0.900. The molecule has 86 valence electrons. The summed E-state index contributed by atoms with van der Waals surface area (Å²) in [5, 5.41) is 8.36. The first-order chi connectivity index (χ1) is 7.41. The van der Waals surface area contributed by atoms with Gasteiger partial charge in [-0.25, -0.2) is 0 Å². The van der Waals surface area contributed by atoms with E-state index in [9.17, 15) is 0 Å². The molecule has 0 saturated carbocycles. The van der Waals surface area contributed by atoms with Crippen molar-refractivity contribution in [1.29, 1.82) is 0 Å². The van der Waals surface area contributed by atoms with E-state index >= 15 is 0 Å². The topological polar surface area (TPSA) is 20.2 Å². The van der Waals surface area contributed by atoms with Crippen molar-refractivity contribution in [1.82, 2.24) is 0 Å². The van der Waals surface area contributed by atoms with Crippen LogP contribution in [-0.2, 0) is 0 Å². The lowest BCUT2D eigenvalue weighted by Crippen LogP contribution is -1.79. The lowest BCUT2D eigenvalue weighted by Gasteiger charge is -1.97. The van der Waals surface area contributed by atoms with Crippen molar-refractivity contribution in [3.63, 3.8) is 0 Å². The van der Waals surface area contributed by atoms with Crippen molar-refractivity contribution in [3.05, 3.63) is 12.3 Å². The molecule has 0 amide bonds. The van der Waals surface area contributed by atoms with Crippen LogP contribution in [0.2, 0.25) is 0 Å². The molecule has 0 aromatic heterocycles. The Morgan fingerprint density at radius 3 is 2.27 bits per heavy atom. The average molecular weight is 208 g/mol. The van der Waals surface area contributed by atoms with Crippen LogP contribution in [-0.4, -0.2) is 5.11 Å². The van der Waals surface area contributed by atoms with Crippen molar-refractivity contribution in [2.45, 2.75) is 64.7 Å². The van der Waals surface area contributed by atoms with Gasteiger partial charge in [0.1, 0.15) is 0 Å². The van der Waals surface area contributed by atoms with Gasteiger partial charge in [-0.05, 0) is 12.5 Å². The second kappa shape index (κ2) is 13.1. The van der Waals surface area contributed by atoms with Crippen molar-refractivity contribution >= 4 is 0 Å². The summed E-state index contributed by atoms with van der Waals surface area (Å²) in [5.74, 6) is 6.11. The average Bonchev–Trinajstić information content (AvgIpc) is 2.26. The summed E-state index contributed by atoms with van der Waals surface area (Å²) in [7, 11) is 0. The minimum absolute atomic E-state index is 0.674. The van der Waals surface area contributed by atoms with Gasteiger partial charge in [0.25, 0.3) is 0 Å². The highest BCUT2D eigenvalue weighted by Gasteiger charge is 1.88. The maximum atomic E-state index is 8.36. The summed E-state index contributed by atoms with van der Waals surface area (Å²) < 4.78 is 0. The van der Waals surface area contributed by atoms with Gasteiger partial charge in [0, 0.05) is 12.8 Å². The van der Waals surface area contributed by atoms with Crippen LogP contribution in [0.5, 0.6) is 0 Å². The van der Waals surface area contributed by atoms with Gasteiger partial charge in [-0.2, -0.15) is 0 Å². The first-order valence-electron chi connectivity index (χ1n) is 6.16. The third kappa shape index (κ3) is 13.1. The quantitative estimate of drug-likeness (QED) is 0.351. The maximum Gasteiger partial charge on any atom is 0.0761 e. The van der Waals surface area contributed by atoms with Crippen molar-refractivity contribution in [2.24, 2.45) is 0 Å². The molecule has 0 aromatic rings. The fourth-order valence-electron chi connectivity index (χ4n) is 1.44. The lowest BCUT2D eigenvalue weighted by molar-refractivity contribution is 0.472. The highest BCUT2D eigenvalue weighted by molar-refractivity contribution is 5.03. The number of hydrogen-bond donors (Lipinski definition) is 1. The molecule has 0 radical (unpaired) electrons. The fraction of sp³-hybridized carbons (Fsp3) is 0.714. The molecule has 1 nitrogen and oxygen atoms in total. The second-order valence-electron chi connectivity index (χ2n) is 3.81. The molecule has 0 unspecified atom stereocenters. The molecule has 0 aliphatic carbocycles. The Labute approximate surface area is 94.6 Å². The molecule has 0 bridgehead atoms. The number of hydrogen-bond acceptors (Lipinski definition) is 1. The van der Waals surface area contributed by atoms with E-state index in [2.05, 4.69) is 18.8 Å². The first kappa shape index (κ1) is 14.1. The van der Waals surface area contributed by atoms with Gasteiger partial charge in [0.05, 0.1) is 6.26 Å². The second-order valence-corrected chi connectivity index (χ2v) is 3.81. The molecule has 0 aliphatic rings. The monoisotopic (exact) mass is 208 g/mol. The Kier molecular flexibility index (Phi) is 12.3. The molecular weight excluding hydrogens is 184 g/mol. The van der Waals surface area contributed by atoms with E-state index in [4.69, 9.17) is 5.11 Å². The number of unbranched alkanes of at least 4 members (excludes halogenated alkanes) is 7. The highest BCUT2D eigenvalue weighted by atomic mass is 16.2. The summed E-state index contributed by atoms with van der Waals surface area (Å²) in [4.78, 5) is 0. The molecule has 0 saturated heterocycles. The van der Waals surface area contributed by atoms with Crippen LogP contribution in [0, 0.1) is 11.8 Å². The van der Waals surface area contributed by atoms with Crippen molar-refractivity contribution in [2.75, 3.05) is 0 Å². The van der Waals surface area contributed by atoms with Crippen molar-refractivity contribution < 1.29 is 5.11 Å². The Bertz CT molecular complexity index is 195. The van der Waals surface area contributed by atoms with E-state index in [0.717, 1.165) is 12.7 Å². The molecule has 0 aliphatic heterocycles. The third-order valence-electron chi connectivity index (χ3n) is 2.36. The molecule has 15 heavy (non-hydrogen) atoms. The zero-order valence-electron chi connectivity index (χ0n) is 9.97. The highest BCUT2D eigenvalue weighted by Crippen LogP contribution is 2.07. The summed E-state index contributed by atoms with van der Waals surface area (Å²) in [6, 6.07) is 0. The largest absolute Gasteiger partial charge is 0.516 e. The smallest absolute Gasteiger partial charge is 0.0761 e. The molecular formula is C14H24O. The molecule has 0 rings (SSSR count). The lowest BCUT2D eigenvalue weighted by atomic mass is 10.1. The Morgan fingerprint density at radius 1 is 0.933 bits per heavy atom. The zero-order valence-corrected chi connectivity index (χ0v) is 9.97. The normalized spacial score (nSPS) is 10.2. The standard InChI is InChI=1S/C14H24O/c1-2-3-4-5-6-7-8-9-10-11-12-13-14-15/h13-15H,2-9,12H2,1H3/b14-13-. The summed E-state index contributed by atoms with van der Waals surface area (Å²) in [6.07, 6.45) is 13.8. The van der Waals surface area contributed by atoms with Crippen molar-refractivity contribution in [3.8, 4) is 11.8 Å². The molecule has 1 N–H and O–H groups in total. The van der Waals surface area contributed by atoms with Crippen LogP contribution in [0.3, 0.4) is 0 Å². The fourth-order valence-corrected chi connectivity index (χ4v) is 1.44. The van der Waals surface area contributed by atoms with Gasteiger partial charge in [0.2, 0.25) is 0 Å². The van der Waals surface area contributed by atoms with Gasteiger partial charge in [-0.15, -0.1) is 5.92 Å². The summed E-state index contributed by atoms with van der Waals surface area (Å²) in [6.45, 7) is 2.25. The van der Waals surface area contributed by atoms with E-state index in [1.165, 1.54) is 44.9 Å². The molecule has 0 heterocycles. The Morgan fingerprint density at radius 2 is 1.60 bits per heavy atom. The minimum Gasteiger partial charge on any atom is -0.516 e. The van der Waals surface area contributed by atoms with Gasteiger partial charge in [-0.3, -0.25) is 0 Å². The van der Waals surface area contributed by atoms with Crippen LogP contribution in [0.1, 0.15) is 64.7 Å². The van der Waals surface area contributed by atoms with Crippen LogP contribution in [0.15, 0.2) is 12.3 Å². The molecule has 1 heteroatoms. The molecule has 0 fully saturated rings. The van der Waals surface area contributed by atoms with E-state index in [1.807, 2.05) is 0 Å². The van der Waals surface area contributed by atoms with Gasteiger partial charge in [0.15, 0.2) is 0 Å². The molecule has 0 atom stereocenters. The molecule has 0 aromatic carbocycles. The van der Waals surface area contributed by atoms with Crippen LogP contribution in [0.25, 0.3) is 0 Å². The number of aliphatic hydroxyl groups excluding tert-OH is 1. The van der Waals surface area contributed by atoms with Gasteiger partial charge >= 0.3 is 0 Å². The van der Waals surface area contributed by atoms with Crippen LogP contribution < -0.4 is 0 Å². The third-order valence-corrected chi connectivity index (χ3v) is 2.36. The number of allylic oxidation sites excluding steroid dienone is 1. The van der Waals surface area contributed by atoms with Gasteiger partial charge in [-0.1, -0.05) is 51.4 Å². The van der Waals surface area contributed by atoms with E-state index in [1.54, 1.807) is 6.08 Å². The predicted molar refractivity (Wildman–Crippen MR) is 66.8 cm³/mol. The Balaban J connectivity index is 3.06. The van der Waals surface area contributed by atoms with E-state index in [0.29, 0.717) is 6.42 Å². The first-order valence-corrected chi connectivity index (χ1v) is 6.16. The zero-order chi connectivity index (χ0) is 11.2. The number of aliphatic hydroxyl groups is 1. The molecule has 0 spiro atoms. The van der Waals surface area contributed by atoms with E-state index < -0.39 is 0 Å². The minimum atomic E-state index is 0.674. The summed E-state index contributed by atoms with van der Waals surface area (Å²) in [5.41, 5.74) is 0.